The molecule has 2 aromatic carbocycles. The van der Waals surface area contributed by atoms with Gasteiger partial charge in [0, 0.05) is 25.9 Å². The van der Waals surface area contributed by atoms with E-state index >= 15 is 0 Å². The summed E-state index contributed by atoms with van der Waals surface area (Å²) < 4.78 is 5.43. The molecular weight excluding hydrogens is 344 g/mol. The molecule has 0 aliphatic carbocycles. The van der Waals surface area contributed by atoms with Crippen molar-refractivity contribution < 1.29 is 9.66 Å². The first-order valence-electron chi connectivity index (χ1n) is 8.95. The Hall–Kier alpha value is -2.34. The molecule has 2 aromatic rings. The minimum absolute atomic E-state index is 0.133. The number of nitro groups is 1. The van der Waals surface area contributed by atoms with E-state index in [9.17, 15) is 10.1 Å². The standard InChI is InChI=1S/C20H26N2O3Si/c1-25-17-9-10-19-18(12-17)15(13-26(2,3)4)11-20(21-19)14-5-7-16(8-6-14)22(23)24/h5-10,12,15,20-21H,11,13H2,1-4H3. The minimum atomic E-state index is -1.25. The number of hydrogen-bond acceptors (Lipinski definition) is 4. The van der Waals surface area contributed by atoms with Gasteiger partial charge >= 0.3 is 0 Å². The maximum Gasteiger partial charge on any atom is 0.269 e. The smallest absolute Gasteiger partial charge is 0.269 e. The van der Waals surface area contributed by atoms with Gasteiger partial charge in [0.15, 0.2) is 0 Å². The van der Waals surface area contributed by atoms with Gasteiger partial charge in [0.1, 0.15) is 5.75 Å². The van der Waals surface area contributed by atoms with Crippen molar-refractivity contribution in [2.24, 2.45) is 0 Å². The normalized spacial score (nSPS) is 19.4. The quantitative estimate of drug-likeness (QED) is 0.424. The molecule has 2 atom stereocenters. The van der Waals surface area contributed by atoms with Crippen LogP contribution < -0.4 is 10.1 Å². The molecule has 6 heteroatoms. The number of nitrogens with zero attached hydrogens (tertiary/aromatic N) is 1. The number of benzene rings is 2. The third-order valence-corrected chi connectivity index (χ3v) is 6.63. The van der Waals surface area contributed by atoms with E-state index in [4.69, 9.17) is 4.74 Å². The number of non-ortho nitro benzene ring substituents is 1. The molecule has 1 aliphatic heterocycles. The van der Waals surface area contributed by atoms with E-state index in [1.54, 1.807) is 19.2 Å². The van der Waals surface area contributed by atoms with Gasteiger partial charge in [-0.3, -0.25) is 10.1 Å². The minimum Gasteiger partial charge on any atom is -0.497 e. The first kappa shape index (κ1) is 18.4. The van der Waals surface area contributed by atoms with Crippen LogP contribution in [-0.2, 0) is 0 Å². The third-order valence-electron chi connectivity index (χ3n) is 4.91. The molecule has 138 valence electrons. The molecule has 3 rings (SSSR count). The number of nitrogens with one attached hydrogen (secondary N) is 1. The van der Waals surface area contributed by atoms with E-state index in [2.05, 4.69) is 37.1 Å². The number of methoxy groups -OCH3 is 1. The second-order valence-electron chi connectivity index (χ2n) is 8.20. The van der Waals surface area contributed by atoms with Crippen LogP contribution in [0.3, 0.4) is 0 Å². The molecule has 0 bridgehead atoms. The van der Waals surface area contributed by atoms with Crippen LogP contribution in [0.15, 0.2) is 42.5 Å². The van der Waals surface area contributed by atoms with Gasteiger partial charge in [-0.2, -0.15) is 0 Å². The lowest BCUT2D eigenvalue weighted by Gasteiger charge is -2.36. The predicted octanol–water partition coefficient (Wildman–Crippen LogP) is 5.58. The molecule has 26 heavy (non-hydrogen) atoms. The molecule has 0 aromatic heterocycles. The fourth-order valence-corrected chi connectivity index (χ4v) is 5.64. The number of fused-ring (bicyclic) bond motifs is 1. The fraction of sp³-hybridized carbons (Fsp3) is 0.400. The molecule has 0 saturated carbocycles. The van der Waals surface area contributed by atoms with E-state index in [1.807, 2.05) is 18.2 Å². The molecule has 1 heterocycles. The molecule has 0 fully saturated rings. The van der Waals surface area contributed by atoms with Crippen molar-refractivity contribution in [2.75, 3.05) is 12.4 Å². The molecular formula is C20H26N2O3Si. The monoisotopic (exact) mass is 370 g/mol. The lowest BCUT2D eigenvalue weighted by Crippen LogP contribution is -2.28. The summed E-state index contributed by atoms with van der Waals surface area (Å²) in [6.07, 6.45) is 0.988. The highest BCUT2D eigenvalue weighted by Gasteiger charge is 2.31. The van der Waals surface area contributed by atoms with Crippen LogP contribution in [0.2, 0.25) is 25.7 Å². The lowest BCUT2D eigenvalue weighted by atomic mass is 9.85. The van der Waals surface area contributed by atoms with Crippen LogP contribution in [0.4, 0.5) is 11.4 Å². The summed E-state index contributed by atoms with van der Waals surface area (Å²) in [5.74, 6) is 1.35. The van der Waals surface area contributed by atoms with Crippen molar-refractivity contribution in [3.63, 3.8) is 0 Å². The Morgan fingerprint density at radius 2 is 1.88 bits per heavy atom. The molecule has 0 spiro atoms. The van der Waals surface area contributed by atoms with Crippen molar-refractivity contribution in [2.45, 2.75) is 44.1 Å². The van der Waals surface area contributed by atoms with Gasteiger partial charge in [0.05, 0.1) is 18.1 Å². The summed E-state index contributed by atoms with van der Waals surface area (Å²) >= 11 is 0. The number of ether oxygens (including phenoxy) is 1. The maximum atomic E-state index is 10.9. The van der Waals surface area contributed by atoms with Crippen molar-refractivity contribution in [1.82, 2.24) is 0 Å². The van der Waals surface area contributed by atoms with Gasteiger partial charge in [-0.05, 0) is 41.7 Å². The summed E-state index contributed by atoms with van der Waals surface area (Å²) in [6.45, 7) is 7.20. The number of nitro benzene ring substituents is 1. The molecule has 0 amide bonds. The summed E-state index contributed by atoms with van der Waals surface area (Å²) in [4.78, 5) is 10.6. The summed E-state index contributed by atoms with van der Waals surface area (Å²) in [5, 5.41) is 14.5. The molecule has 0 radical (unpaired) electrons. The number of anilines is 1. The molecule has 1 N–H and O–H groups in total. The Balaban J connectivity index is 1.93. The van der Waals surface area contributed by atoms with Crippen LogP contribution in [0, 0.1) is 10.1 Å². The van der Waals surface area contributed by atoms with Crippen molar-refractivity contribution >= 4 is 19.4 Å². The van der Waals surface area contributed by atoms with Gasteiger partial charge in [-0.15, -0.1) is 0 Å². The zero-order valence-corrected chi connectivity index (χ0v) is 16.8. The second-order valence-corrected chi connectivity index (χ2v) is 13.7. The van der Waals surface area contributed by atoms with Crippen LogP contribution >= 0.6 is 0 Å². The predicted molar refractivity (Wildman–Crippen MR) is 108 cm³/mol. The van der Waals surface area contributed by atoms with E-state index in [0.29, 0.717) is 5.92 Å². The van der Waals surface area contributed by atoms with E-state index in [1.165, 1.54) is 11.6 Å². The number of rotatable bonds is 5. The highest BCUT2D eigenvalue weighted by Crippen LogP contribution is 2.45. The Bertz CT molecular complexity index is 800. The van der Waals surface area contributed by atoms with Crippen molar-refractivity contribution in [1.29, 1.82) is 0 Å². The Morgan fingerprint density at radius 1 is 1.19 bits per heavy atom. The zero-order chi connectivity index (χ0) is 18.9. The Kier molecular flexibility index (Phi) is 5.05. The van der Waals surface area contributed by atoms with Crippen LogP contribution in [0.5, 0.6) is 5.75 Å². The zero-order valence-electron chi connectivity index (χ0n) is 15.8. The van der Waals surface area contributed by atoms with Gasteiger partial charge in [-0.1, -0.05) is 37.8 Å². The number of hydrogen-bond donors (Lipinski definition) is 1. The largest absolute Gasteiger partial charge is 0.497 e. The topological polar surface area (TPSA) is 64.4 Å². The Labute approximate surface area is 155 Å². The average Bonchev–Trinajstić information content (AvgIpc) is 2.60. The van der Waals surface area contributed by atoms with E-state index in [0.717, 1.165) is 23.4 Å². The summed E-state index contributed by atoms with van der Waals surface area (Å²) in [7, 11) is 0.447. The Morgan fingerprint density at radius 3 is 2.46 bits per heavy atom. The fourth-order valence-electron chi connectivity index (χ4n) is 3.78. The molecule has 1 aliphatic rings. The van der Waals surface area contributed by atoms with Crippen LogP contribution in [-0.4, -0.2) is 20.1 Å². The molecule has 2 unspecified atom stereocenters. The molecule has 0 saturated heterocycles. The maximum absolute atomic E-state index is 10.9. The lowest BCUT2D eigenvalue weighted by molar-refractivity contribution is -0.384. The van der Waals surface area contributed by atoms with Crippen molar-refractivity contribution in [3.05, 3.63) is 63.7 Å². The first-order valence-corrected chi connectivity index (χ1v) is 12.7. The summed E-state index contributed by atoms with van der Waals surface area (Å²) in [6, 6.07) is 14.5. The van der Waals surface area contributed by atoms with Gasteiger partial charge in [0.25, 0.3) is 5.69 Å². The average molecular weight is 371 g/mol. The van der Waals surface area contributed by atoms with E-state index < -0.39 is 8.07 Å². The van der Waals surface area contributed by atoms with Crippen molar-refractivity contribution in [3.8, 4) is 5.75 Å². The summed E-state index contributed by atoms with van der Waals surface area (Å²) in [5.41, 5.74) is 3.69. The third kappa shape index (κ3) is 4.07. The van der Waals surface area contributed by atoms with Crippen LogP contribution in [0.25, 0.3) is 0 Å². The van der Waals surface area contributed by atoms with Crippen LogP contribution in [0.1, 0.15) is 29.5 Å². The second kappa shape index (κ2) is 7.11. The molecule has 5 nitrogen and oxygen atoms in total. The van der Waals surface area contributed by atoms with Gasteiger partial charge in [-0.25, -0.2) is 0 Å². The van der Waals surface area contributed by atoms with Gasteiger partial charge < -0.3 is 10.1 Å². The van der Waals surface area contributed by atoms with Gasteiger partial charge in [0.2, 0.25) is 0 Å². The first-order chi connectivity index (χ1) is 12.3. The highest BCUT2D eigenvalue weighted by molar-refractivity contribution is 6.76. The highest BCUT2D eigenvalue weighted by atomic mass is 28.3. The SMILES string of the molecule is COc1ccc2c(c1)C(C[Si](C)(C)C)CC(c1ccc([N+](=O)[O-])cc1)N2. The van der Waals surface area contributed by atoms with E-state index in [-0.39, 0.29) is 16.7 Å².